The largest absolute Gasteiger partial charge is 0.324 e. The standard InChI is InChI=1S/C17H21N3O/c1-12-8-9-15(14-7-4-10-18-17(12)14)20-16(21)11-19-13-5-2-3-6-13/h4,7-10,13,19H,2-3,5-6,11H2,1H3,(H,20,21). The smallest absolute Gasteiger partial charge is 0.238 e. The molecule has 21 heavy (non-hydrogen) atoms. The first-order chi connectivity index (χ1) is 10.2. The lowest BCUT2D eigenvalue weighted by molar-refractivity contribution is -0.115. The van der Waals surface area contributed by atoms with Gasteiger partial charge in [0.1, 0.15) is 0 Å². The summed E-state index contributed by atoms with van der Waals surface area (Å²) in [6.45, 7) is 2.41. The topological polar surface area (TPSA) is 54.0 Å². The molecular formula is C17H21N3O. The van der Waals surface area contributed by atoms with E-state index in [1.54, 1.807) is 6.20 Å². The summed E-state index contributed by atoms with van der Waals surface area (Å²) in [5.74, 6) is 0.0101. The van der Waals surface area contributed by atoms with Crippen LogP contribution in [-0.2, 0) is 4.79 Å². The number of amides is 1. The van der Waals surface area contributed by atoms with E-state index in [4.69, 9.17) is 0 Å². The monoisotopic (exact) mass is 283 g/mol. The highest BCUT2D eigenvalue weighted by Crippen LogP contribution is 2.24. The number of nitrogens with zero attached hydrogens (tertiary/aromatic N) is 1. The van der Waals surface area contributed by atoms with E-state index in [9.17, 15) is 4.79 Å². The number of carbonyl (C=O) groups excluding carboxylic acids is 1. The van der Waals surface area contributed by atoms with E-state index in [0.29, 0.717) is 12.6 Å². The number of benzene rings is 1. The van der Waals surface area contributed by atoms with Crippen molar-refractivity contribution in [3.8, 4) is 0 Å². The SMILES string of the molecule is Cc1ccc(NC(=O)CNC2CCCC2)c2cccnc12. The highest BCUT2D eigenvalue weighted by atomic mass is 16.1. The van der Waals surface area contributed by atoms with Gasteiger partial charge in [-0.1, -0.05) is 18.9 Å². The molecular weight excluding hydrogens is 262 g/mol. The average molecular weight is 283 g/mol. The molecule has 110 valence electrons. The van der Waals surface area contributed by atoms with Crippen molar-refractivity contribution < 1.29 is 4.79 Å². The molecule has 0 saturated heterocycles. The molecule has 3 rings (SSSR count). The molecule has 1 aliphatic carbocycles. The number of hydrogen-bond donors (Lipinski definition) is 2. The van der Waals surface area contributed by atoms with E-state index in [1.807, 2.05) is 31.2 Å². The van der Waals surface area contributed by atoms with E-state index in [0.717, 1.165) is 22.2 Å². The third-order valence-electron chi connectivity index (χ3n) is 4.15. The molecule has 0 bridgehead atoms. The van der Waals surface area contributed by atoms with E-state index in [1.165, 1.54) is 25.7 Å². The molecule has 1 aromatic carbocycles. The predicted octanol–water partition coefficient (Wildman–Crippen LogP) is 3.01. The van der Waals surface area contributed by atoms with Gasteiger partial charge in [0.2, 0.25) is 5.91 Å². The fourth-order valence-electron chi connectivity index (χ4n) is 2.98. The first kappa shape index (κ1) is 14.0. The molecule has 1 aromatic heterocycles. The van der Waals surface area contributed by atoms with Crippen LogP contribution in [0.25, 0.3) is 10.9 Å². The van der Waals surface area contributed by atoms with Crippen LogP contribution in [0.4, 0.5) is 5.69 Å². The quantitative estimate of drug-likeness (QED) is 0.907. The number of aromatic nitrogens is 1. The van der Waals surface area contributed by atoms with Crippen LogP contribution in [0, 0.1) is 6.92 Å². The first-order valence-corrected chi connectivity index (χ1v) is 7.61. The fraction of sp³-hybridized carbons (Fsp3) is 0.412. The maximum Gasteiger partial charge on any atom is 0.238 e. The zero-order chi connectivity index (χ0) is 14.7. The zero-order valence-electron chi connectivity index (χ0n) is 12.4. The number of aryl methyl sites for hydroxylation is 1. The molecule has 4 heteroatoms. The summed E-state index contributed by atoms with van der Waals surface area (Å²) in [6, 6.07) is 8.35. The van der Waals surface area contributed by atoms with Gasteiger partial charge < -0.3 is 10.6 Å². The molecule has 1 fully saturated rings. The summed E-state index contributed by atoms with van der Waals surface area (Å²) in [4.78, 5) is 16.5. The molecule has 2 aromatic rings. The van der Waals surface area contributed by atoms with Gasteiger partial charge in [-0.25, -0.2) is 0 Å². The zero-order valence-corrected chi connectivity index (χ0v) is 12.4. The Bertz CT molecular complexity index is 648. The normalized spacial score (nSPS) is 15.5. The van der Waals surface area contributed by atoms with Crippen molar-refractivity contribution >= 4 is 22.5 Å². The minimum absolute atomic E-state index is 0.0101. The van der Waals surface area contributed by atoms with Crippen molar-refractivity contribution in [3.05, 3.63) is 36.0 Å². The lowest BCUT2D eigenvalue weighted by Crippen LogP contribution is -2.34. The Labute approximate surface area is 125 Å². The van der Waals surface area contributed by atoms with Crippen LogP contribution in [0.1, 0.15) is 31.2 Å². The van der Waals surface area contributed by atoms with Crippen LogP contribution in [-0.4, -0.2) is 23.5 Å². The second-order valence-corrected chi connectivity index (χ2v) is 5.74. The Hall–Kier alpha value is -1.94. The highest BCUT2D eigenvalue weighted by molar-refractivity contribution is 6.02. The number of carbonyl (C=O) groups is 1. The van der Waals surface area contributed by atoms with Gasteiger partial charge in [0.25, 0.3) is 0 Å². The lowest BCUT2D eigenvalue weighted by Gasteiger charge is -2.13. The third-order valence-corrected chi connectivity index (χ3v) is 4.15. The van der Waals surface area contributed by atoms with Crippen LogP contribution in [0.5, 0.6) is 0 Å². The number of pyridine rings is 1. The van der Waals surface area contributed by atoms with E-state index in [2.05, 4.69) is 15.6 Å². The summed E-state index contributed by atoms with van der Waals surface area (Å²) in [5, 5.41) is 7.32. The summed E-state index contributed by atoms with van der Waals surface area (Å²) in [7, 11) is 0. The van der Waals surface area contributed by atoms with Crippen molar-refractivity contribution in [1.29, 1.82) is 0 Å². The van der Waals surface area contributed by atoms with Crippen molar-refractivity contribution in [2.75, 3.05) is 11.9 Å². The highest BCUT2D eigenvalue weighted by Gasteiger charge is 2.15. The van der Waals surface area contributed by atoms with E-state index < -0.39 is 0 Å². The number of nitrogens with one attached hydrogen (secondary N) is 2. The molecule has 1 heterocycles. The fourth-order valence-corrected chi connectivity index (χ4v) is 2.98. The summed E-state index contributed by atoms with van der Waals surface area (Å²) >= 11 is 0. The maximum atomic E-state index is 12.1. The number of hydrogen-bond acceptors (Lipinski definition) is 3. The van der Waals surface area contributed by atoms with Gasteiger partial charge in [-0.05, 0) is 43.5 Å². The summed E-state index contributed by atoms with van der Waals surface area (Å²) < 4.78 is 0. The molecule has 1 saturated carbocycles. The minimum atomic E-state index is 0.0101. The van der Waals surface area contributed by atoms with Gasteiger partial charge in [-0.2, -0.15) is 0 Å². The van der Waals surface area contributed by atoms with Gasteiger partial charge in [0.05, 0.1) is 17.7 Å². The minimum Gasteiger partial charge on any atom is -0.324 e. The third kappa shape index (κ3) is 3.22. The number of anilines is 1. The predicted molar refractivity (Wildman–Crippen MR) is 85.4 cm³/mol. The van der Waals surface area contributed by atoms with E-state index in [-0.39, 0.29) is 5.91 Å². The number of rotatable bonds is 4. The average Bonchev–Trinajstić information content (AvgIpc) is 3.02. The molecule has 1 amide bonds. The molecule has 0 unspecified atom stereocenters. The molecule has 0 spiro atoms. The Morgan fingerprint density at radius 1 is 1.29 bits per heavy atom. The van der Waals surface area contributed by atoms with E-state index >= 15 is 0 Å². The second kappa shape index (κ2) is 6.22. The van der Waals surface area contributed by atoms with Crippen LogP contribution < -0.4 is 10.6 Å². The van der Waals surface area contributed by atoms with Crippen LogP contribution in [0.2, 0.25) is 0 Å². The van der Waals surface area contributed by atoms with Gasteiger partial charge in [-0.15, -0.1) is 0 Å². The summed E-state index contributed by atoms with van der Waals surface area (Å²) in [5.41, 5.74) is 2.90. The number of fused-ring (bicyclic) bond motifs is 1. The molecule has 2 N–H and O–H groups in total. The van der Waals surface area contributed by atoms with Crippen molar-refractivity contribution in [1.82, 2.24) is 10.3 Å². The van der Waals surface area contributed by atoms with Gasteiger partial charge in [0, 0.05) is 17.6 Å². The molecule has 0 aliphatic heterocycles. The molecule has 4 nitrogen and oxygen atoms in total. The molecule has 0 atom stereocenters. The van der Waals surface area contributed by atoms with Gasteiger partial charge in [0.15, 0.2) is 0 Å². The Kier molecular flexibility index (Phi) is 4.15. The van der Waals surface area contributed by atoms with Gasteiger partial charge >= 0.3 is 0 Å². The van der Waals surface area contributed by atoms with Crippen molar-refractivity contribution in [2.24, 2.45) is 0 Å². The van der Waals surface area contributed by atoms with Crippen LogP contribution in [0.3, 0.4) is 0 Å². The first-order valence-electron chi connectivity index (χ1n) is 7.61. The van der Waals surface area contributed by atoms with Crippen LogP contribution >= 0.6 is 0 Å². The Morgan fingerprint density at radius 3 is 2.90 bits per heavy atom. The second-order valence-electron chi connectivity index (χ2n) is 5.74. The lowest BCUT2D eigenvalue weighted by atomic mass is 10.1. The molecule has 0 radical (unpaired) electrons. The molecule has 1 aliphatic rings. The van der Waals surface area contributed by atoms with Gasteiger partial charge in [-0.3, -0.25) is 9.78 Å². The Balaban J connectivity index is 1.69. The van der Waals surface area contributed by atoms with Crippen molar-refractivity contribution in [3.63, 3.8) is 0 Å². The van der Waals surface area contributed by atoms with Crippen molar-refractivity contribution in [2.45, 2.75) is 38.6 Å². The van der Waals surface area contributed by atoms with Crippen LogP contribution in [0.15, 0.2) is 30.5 Å². The summed E-state index contributed by atoms with van der Waals surface area (Å²) in [6.07, 6.45) is 6.69. The Morgan fingerprint density at radius 2 is 2.10 bits per heavy atom. The maximum absolute atomic E-state index is 12.1.